The van der Waals surface area contributed by atoms with Crippen LogP contribution in [0.5, 0.6) is 0 Å². The van der Waals surface area contributed by atoms with Crippen molar-refractivity contribution in [2.24, 2.45) is 0 Å². The number of nitrogen functional groups attached to an aromatic ring is 1. The van der Waals surface area contributed by atoms with Gasteiger partial charge in [-0.15, -0.1) is 0 Å². The van der Waals surface area contributed by atoms with Gasteiger partial charge in [0.2, 0.25) is 0 Å². The number of nitrogens with two attached hydrogens (primary N) is 1. The SMILES string of the molecule is COC(=O)c1ccnc(NCCCn2ccnc2)c1N. The van der Waals surface area contributed by atoms with E-state index in [1.54, 1.807) is 12.5 Å². The van der Waals surface area contributed by atoms with E-state index in [0.717, 1.165) is 13.0 Å². The van der Waals surface area contributed by atoms with E-state index in [4.69, 9.17) is 5.73 Å². The lowest BCUT2D eigenvalue weighted by Crippen LogP contribution is -2.12. The lowest BCUT2D eigenvalue weighted by molar-refractivity contribution is 0.0602. The third kappa shape index (κ3) is 3.25. The summed E-state index contributed by atoms with van der Waals surface area (Å²) in [7, 11) is 1.32. The number of esters is 1. The van der Waals surface area contributed by atoms with Crippen molar-refractivity contribution in [3.63, 3.8) is 0 Å². The van der Waals surface area contributed by atoms with Gasteiger partial charge in [-0.3, -0.25) is 0 Å². The van der Waals surface area contributed by atoms with E-state index in [9.17, 15) is 4.79 Å². The molecule has 7 nitrogen and oxygen atoms in total. The monoisotopic (exact) mass is 275 g/mol. The summed E-state index contributed by atoms with van der Waals surface area (Å²) in [6.07, 6.45) is 7.84. The van der Waals surface area contributed by atoms with Gasteiger partial charge < -0.3 is 20.4 Å². The van der Waals surface area contributed by atoms with Crippen LogP contribution in [0.4, 0.5) is 11.5 Å². The quantitative estimate of drug-likeness (QED) is 0.606. The Hall–Kier alpha value is -2.57. The maximum Gasteiger partial charge on any atom is 0.340 e. The molecule has 0 aromatic carbocycles. The maximum atomic E-state index is 11.5. The van der Waals surface area contributed by atoms with E-state index in [1.807, 2.05) is 10.8 Å². The van der Waals surface area contributed by atoms with Gasteiger partial charge in [0.25, 0.3) is 0 Å². The third-order valence-electron chi connectivity index (χ3n) is 2.84. The molecule has 0 radical (unpaired) electrons. The smallest absolute Gasteiger partial charge is 0.340 e. The minimum Gasteiger partial charge on any atom is -0.465 e. The Morgan fingerprint density at radius 2 is 2.35 bits per heavy atom. The van der Waals surface area contributed by atoms with Crippen LogP contribution in [-0.4, -0.2) is 34.2 Å². The van der Waals surface area contributed by atoms with Crippen LogP contribution in [-0.2, 0) is 11.3 Å². The van der Waals surface area contributed by atoms with Crippen molar-refractivity contribution in [1.29, 1.82) is 0 Å². The number of imidazole rings is 1. The van der Waals surface area contributed by atoms with Gasteiger partial charge >= 0.3 is 5.97 Å². The maximum absolute atomic E-state index is 11.5. The summed E-state index contributed by atoms with van der Waals surface area (Å²) in [6.45, 7) is 1.55. The van der Waals surface area contributed by atoms with Crippen LogP contribution in [0.3, 0.4) is 0 Å². The number of nitrogens with one attached hydrogen (secondary N) is 1. The fraction of sp³-hybridized carbons (Fsp3) is 0.308. The van der Waals surface area contributed by atoms with Crippen molar-refractivity contribution in [2.45, 2.75) is 13.0 Å². The molecule has 0 aliphatic carbocycles. The van der Waals surface area contributed by atoms with Gasteiger partial charge in [-0.05, 0) is 12.5 Å². The molecule has 106 valence electrons. The summed E-state index contributed by atoms with van der Waals surface area (Å²) in [5.41, 5.74) is 6.52. The molecule has 0 saturated heterocycles. The zero-order chi connectivity index (χ0) is 14.4. The Labute approximate surface area is 116 Å². The number of ether oxygens (including phenoxy) is 1. The molecule has 0 unspecified atom stereocenters. The van der Waals surface area contributed by atoms with Gasteiger partial charge in [-0.2, -0.15) is 0 Å². The van der Waals surface area contributed by atoms with Gasteiger partial charge in [0.1, 0.15) is 5.82 Å². The molecule has 0 aliphatic heterocycles. The molecule has 0 fully saturated rings. The normalized spacial score (nSPS) is 10.2. The first kappa shape index (κ1) is 13.9. The van der Waals surface area contributed by atoms with Crippen molar-refractivity contribution >= 4 is 17.5 Å². The molecule has 3 N–H and O–H groups in total. The lowest BCUT2D eigenvalue weighted by atomic mass is 10.2. The Kier molecular flexibility index (Phi) is 4.54. The van der Waals surface area contributed by atoms with Gasteiger partial charge in [0, 0.05) is 31.7 Å². The first-order valence-electron chi connectivity index (χ1n) is 6.24. The van der Waals surface area contributed by atoms with Gasteiger partial charge in [-0.25, -0.2) is 14.8 Å². The highest BCUT2D eigenvalue weighted by atomic mass is 16.5. The summed E-state index contributed by atoms with van der Waals surface area (Å²) >= 11 is 0. The number of rotatable bonds is 6. The van der Waals surface area contributed by atoms with Crippen molar-refractivity contribution in [1.82, 2.24) is 14.5 Å². The molecule has 0 atom stereocenters. The highest BCUT2D eigenvalue weighted by molar-refractivity contribution is 5.97. The average Bonchev–Trinajstić information content (AvgIpc) is 2.97. The van der Waals surface area contributed by atoms with Crippen LogP contribution in [0, 0.1) is 0 Å². The molecule has 0 spiro atoms. The number of hydrogen-bond acceptors (Lipinski definition) is 6. The fourth-order valence-corrected chi connectivity index (χ4v) is 1.79. The summed E-state index contributed by atoms with van der Waals surface area (Å²) in [6, 6.07) is 1.54. The molecular formula is C13H17N5O2. The summed E-state index contributed by atoms with van der Waals surface area (Å²) in [5.74, 6) is 0.0323. The number of aromatic nitrogens is 3. The van der Waals surface area contributed by atoms with Crippen molar-refractivity contribution < 1.29 is 9.53 Å². The predicted molar refractivity (Wildman–Crippen MR) is 75.3 cm³/mol. The van der Waals surface area contributed by atoms with Crippen LogP contribution in [0.15, 0.2) is 31.0 Å². The second kappa shape index (κ2) is 6.55. The number of aryl methyl sites for hydroxylation is 1. The van der Waals surface area contributed by atoms with E-state index >= 15 is 0 Å². The topological polar surface area (TPSA) is 95.1 Å². The van der Waals surface area contributed by atoms with Crippen LogP contribution < -0.4 is 11.1 Å². The van der Waals surface area contributed by atoms with E-state index in [2.05, 4.69) is 20.0 Å². The van der Waals surface area contributed by atoms with Gasteiger partial charge in [0.05, 0.1) is 24.7 Å². The van der Waals surface area contributed by atoms with Crippen LogP contribution in [0.25, 0.3) is 0 Å². The molecule has 0 amide bonds. The van der Waals surface area contributed by atoms with Crippen LogP contribution in [0.2, 0.25) is 0 Å². The zero-order valence-corrected chi connectivity index (χ0v) is 11.2. The van der Waals surface area contributed by atoms with Crippen molar-refractivity contribution in [3.8, 4) is 0 Å². The lowest BCUT2D eigenvalue weighted by Gasteiger charge is -2.10. The zero-order valence-electron chi connectivity index (χ0n) is 11.2. The Balaban J connectivity index is 1.91. The number of anilines is 2. The van der Waals surface area contributed by atoms with Crippen LogP contribution in [0.1, 0.15) is 16.8 Å². The Morgan fingerprint density at radius 3 is 3.05 bits per heavy atom. The van der Waals surface area contributed by atoms with Gasteiger partial charge in [-0.1, -0.05) is 0 Å². The molecule has 20 heavy (non-hydrogen) atoms. The Bertz CT molecular complexity index is 568. The first-order chi connectivity index (χ1) is 9.72. The molecule has 2 rings (SSSR count). The molecular weight excluding hydrogens is 258 g/mol. The number of carbonyl (C=O) groups excluding carboxylic acids is 1. The van der Waals surface area contributed by atoms with E-state index in [0.29, 0.717) is 23.6 Å². The number of pyridine rings is 1. The molecule has 2 heterocycles. The van der Waals surface area contributed by atoms with E-state index < -0.39 is 5.97 Å². The standard InChI is InChI=1S/C13H17N5O2/c1-20-13(19)10-3-5-17-12(11(10)14)16-4-2-7-18-8-6-15-9-18/h3,5-6,8-9H,2,4,7,14H2,1H3,(H,16,17). The Morgan fingerprint density at radius 1 is 1.50 bits per heavy atom. The largest absolute Gasteiger partial charge is 0.465 e. The second-order valence-corrected chi connectivity index (χ2v) is 4.19. The second-order valence-electron chi connectivity index (χ2n) is 4.19. The molecule has 7 heteroatoms. The molecule has 2 aromatic rings. The highest BCUT2D eigenvalue weighted by Gasteiger charge is 2.13. The molecule has 0 aliphatic rings. The highest BCUT2D eigenvalue weighted by Crippen LogP contribution is 2.20. The number of carbonyl (C=O) groups is 1. The number of nitrogens with zero attached hydrogens (tertiary/aromatic N) is 3. The molecule has 0 bridgehead atoms. The molecule has 2 aromatic heterocycles. The summed E-state index contributed by atoms with van der Waals surface area (Å²) in [4.78, 5) is 19.6. The molecule has 0 saturated carbocycles. The predicted octanol–water partition coefficient (Wildman–Crippen LogP) is 1.15. The van der Waals surface area contributed by atoms with E-state index in [1.165, 1.54) is 19.4 Å². The minimum absolute atomic E-state index is 0.307. The number of methoxy groups -OCH3 is 1. The average molecular weight is 275 g/mol. The van der Waals surface area contributed by atoms with Crippen molar-refractivity contribution in [2.75, 3.05) is 24.7 Å². The van der Waals surface area contributed by atoms with Crippen LogP contribution >= 0.6 is 0 Å². The van der Waals surface area contributed by atoms with E-state index in [-0.39, 0.29) is 0 Å². The minimum atomic E-state index is -0.466. The number of hydrogen-bond donors (Lipinski definition) is 2. The van der Waals surface area contributed by atoms with Crippen molar-refractivity contribution in [3.05, 3.63) is 36.5 Å². The summed E-state index contributed by atoms with van der Waals surface area (Å²) in [5, 5.41) is 3.12. The van der Waals surface area contributed by atoms with Gasteiger partial charge in [0.15, 0.2) is 0 Å². The fourth-order valence-electron chi connectivity index (χ4n) is 1.79. The summed E-state index contributed by atoms with van der Waals surface area (Å²) < 4.78 is 6.65. The third-order valence-corrected chi connectivity index (χ3v) is 2.84. The first-order valence-corrected chi connectivity index (χ1v) is 6.24.